The zero-order chi connectivity index (χ0) is 44.8. The first kappa shape index (κ1) is 38.4. The van der Waals surface area contributed by atoms with Gasteiger partial charge in [-0.25, -0.2) is 0 Å². The van der Waals surface area contributed by atoms with E-state index in [1.807, 2.05) is 0 Å². The first-order valence-corrected chi connectivity index (χ1v) is 23.4. The number of fused-ring (bicyclic) bond motifs is 10. The van der Waals surface area contributed by atoms with E-state index in [2.05, 4.69) is 264 Å². The van der Waals surface area contributed by atoms with Crippen molar-refractivity contribution in [3.63, 3.8) is 0 Å². The lowest BCUT2D eigenvalue weighted by atomic mass is 9.68. The highest BCUT2D eigenvalue weighted by molar-refractivity contribution is 6.29. The van der Waals surface area contributed by atoms with Crippen LogP contribution in [0, 0.1) is 0 Å². The number of rotatable bonds is 7. The molecule has 13 aromatic rings. The van der Waals surface area contributed by atoms with Gasteiger partial charge in [0.2, 0.25) is 0 Å². The molecule has 0 fully saturated rings. The third-order valence-corrected chi connectivity index (χ3v) is 14.4. The van der Waals surface area contributed by atoms with Gasteiger partial charge in [-0.3, -0.25) is 0 Å². The SMILES string of the molecule is c1ccc(N(c2ccc3c(c2)c2c(-c4cccc5ccccc45)c4c(cc2n3-c2ccccc2)oc2ccccc24)c2cccc3c2-c2ccccc2C3(c2ccccc2)c2ccccc2)cc1. The van der Waals surface area contributed by atoms with Crippen LogP contribution in [-0.2, 0) is 5.41 Å². The van der Waals surface area contributed by atoms with Crippen molar-refractivity contribution in [2.75, 3.05) is 4.90 Å². The monoisotopic (exact) mass is 866 g/mol. The highest BCUT2D eigenvalue weighted by atomic mass is 16.3. The second kappa shape index (κ2) is 15.1. The third kappa shape index (κ3) is 5.47. The molecule has 1 aliphatic rings. The van der Waals surface area contributed by atoms with E-state index in [0.717, 1.165) is 61.1 Å². The van der Waals surface area contributed by atoms with E-state index in [4.69, 9.17) is 4.42 Å². The van der Waals surface area contributed by atoms with Crippen molar-refractivity contribution in [1.29, 1.82) is 0 Å². The van der Waals surface area contributed by atoms with Crippen molar-refractivity contribution >= 4 is 71.6 Å². The fraction of sp³-hybridized carbons (Fsp3) is 0.0154. The maximum absolute atomic E-state index is 6.83. The first-order valence-electron chi connectivity index (χ1n) is 23.4. The Morgan fingerprint density at radius 2 is 0.971 bits per heavy atom. The van der Waals surface area contributed by atoms with E-state index < -0.39 is 5.41 Å². The summed E-state index contributed by atoms with van der Waals surface area (Å²) in [6, 6.07) is 93.0. The largest absolute Gasteiger partial charge is 0.456 e. The van der Waals surface area contributed by atoms with E-state index in [1.54, 1.807) is 0 Å². The minimum atomic E-state index is -0.536. The molecule has 3 nitrogen and oxygen atoms in total. The number of hydrogen-bond acceptors (Lipinski definition) is 2. The molecule has 2 aromatic heterocycles. The number of nitrogens with zero attached hydrogens (tertiary/aromatic N) is 2. The lowest BCUT2D eigenvalue weighted by molar-refractivity contribution is 0.669. The van der Waals surface area contributed by atoms with Crippen LogP contribution in [0.3, 0.4) is 0 Å². The van der Waals surface area contributed by atoms with Crippen LogP contribution in [0.5, 0.6) is 0 Å². The van der Waals surface area contributed by atoms with Gasteiger partial charge in [0.25, 0.3) is 0 Å². The number of para-hydroxylation sites is 3. The lowest BCUT2D eigenvalue weighted by Crippen LogP contribution is -2.28. The second-order valence-corrected chi connectivity index (χ2v) is 17.9. The molecule has 0 saturated carbocycles. The van der Waals surface area contributed by atoms with Crippen LogP contribution in [-0.4, -0.2) is 4.57 Å². The van der Waals surface area contributed by atoms with E-state index in [9.17, 15) is 0 Å². The molecule has 3 heteroatoms. The van der Waals surface area contributed by atoms with Gasteiger partial charge in [0.05, 0.1) is 22.1 Å². The summed E-state index contributed by atoms with van der Waals surface area (Å²) in [7, 11) is 0. The molecular weight excluding hydrogens is 825 g/mol. The minimum Gasteiger partial charge on any atom is -0.456 e. The summed E-state index contributed by atoms with van der Waals surface area (Å²) in [5.74, 6) is 0. The highest BCUT2D eigenvalue weighted by Gasteiger charge is 2.47. The van der Waals surface area contributed by atoms with E-state index in [-0.39, 0.29) is 0 Å². The number of aromatic nitrogens is 1. The summed E-state index contributed by atoms with van der Waals surface area (Å²) in [6.07, 6.45) is 0. The summed E-state index contributed by atoms with van der Waals surface area (Å²) in [4.78, 5) is 2.48. The summed E-state index contributed by atoms with van der Waals surface area (Å²) < 4.78 is 9.25. The molecule has 68 heavy (non-hydrogen) atoms. The Hall–Kier alpha value is -8.92. The Morgan fingerprint density at radius 1 is 0.368 bits per heavy atom. The fourth-order valence-electron chi connectivity index (χ4n) is 11.7. The molecule has 0 amide bonds. The molecule has 2 heterocycles. The number of benzene rings is 11. The molecule has 0 aliphatic heterocycles. The Balaban J connectivity index is 1.12. The zero-order valence-electron chi connectivity index (χ0n) is 37.1. The first-order chi connectivity index (χ1) is 33.8. The zero-order valence-corrected chi connectivity index (χ0v) is 37.1. The summed E-state index contributed by atoms with van der Waals surface area (Å²) in [5, 5.41) is 6.98. The molecule has 0 N–H and O–H groups in total. The predicted molar refractivity (Wildman–Crippen MR) is 283 cm³/mol. The normalized spacial score (nSPS) is 12.8. The standard InChI is InChI=1S/C65H42N2O/c1-5-23-44(24-6-1)65(45-25-7-2-8-26-45)54-35-17-15-32-51(54)61-55(65)36-20-37-57(61)66(46-27-9-3-10-28-46)48-39-40-56-53(41-48)62-58(67(56)47-29-11-4-12-30-47)42-60-63(52-33-16-18-38-59(52)68-60)64(62)50-34-19-22-43-21-13-14-31-49(43)50/h1-42H. The average molecular weight is 867 g/mol. The molecule has 0 unspecified atom stereocenters. The molecule has 0 atom stereocenters. The Bertz CT molecular complexity index is 4030. The van der Waals surface area contributed by atoms with Crippen molar-refractivity contribution in [1.82, 2.24) is 4.57 Å². The van der Waals surface area contributed by atoms with Gasteiger partial charge in [0.15, 0.2) is 0 Å². The predicted octanol–water partition coefficient (Wildman–Crippen LogP) is 17.3. The van der Waals surface area contributed by atoms with Gasteiger partial charge >= 0.3 is 0 Å². The molecule has 11 aromatic carbocycles. The topological polar surface area (TPSA) is 21.3 Å². The summed E-state index contributed by atoms with van der Waals surface area (Å²) in [5.41, 5.74) is 17.7. The highest BCUT2D eigenvalue weighted by Crippen LogP contribution is 2.60. The van der Waals surface area contributed by atoms with E-state index in [1.165, 1.54) is 60.7 Å². The van der Waals surface area contributed by atoms with Gasteiger partial charge in [-0.05, 0) is 98.8 Å². The number of hydrogen-bond donors (Lipinski definition) is 0. The molecular formula is C65H42N2O. The smallest absolute Gasteiger partial charge is 0.138 e. The fourth-order valence-corrected chi connectivity index (χ4v) is 11.7. The number of furan rings is 1. The van der Waals surface area contributed by atoms with Crippen LogP contribution in [0.15, 0.2) is 259 Å². The second-order valence-electron chi connectivity index (χ2n) is 17.9. The quantitative estimate of drug-likeness (QED) is 0.159. The van der Waals surface area contributed by atoms with Crippen LogP contribution in [0.25, 0.3) is 82.5 Å². The maximum atomic E-state index is 6.83. The van der Waals surface area contributed by atoms with Gasteiger partial charge in [0.1, 0.15) is 11.2 Å². The minimum absolute atomic E-state index is 0.536. The van der Waals surface area contributed by atoms with Gasteiger partial charge in [-0.1, -0.05) is 194 Å². The van der Waals surface area contributed by atoms with Crippen molar-refractivity contribution < 1.29 is 4.42 Å². The van der Waals surface area contributed by atoms with Crippen molar-refractivity contribution in [2.45, 2.75) is 5.41 Å². The molecule has 0 saturated heterocycles. The van der Waals surface area contributed by atoms with Crippen LogP contribution in [0.1, 0.15) is 22.3 Å². The van der Waals surface area contributed by atoms with Crippen molar-refractivity contribution in [3.8, 4) is 27.9 Å². The molecule has 14 rings (SSSR count). The van der Waals surface area contributed by atoms with E-state index in [0.29, 0.717) is 0 Å². The Kier molecular flexibility index (Phi) is 8.50. The Labute approximate surface area is 394 Å². The van der Waals surface area contributed by atoms with Crippen LogP contribution < -0.4 is 4.90 Å². The van der Waals surface area contributed by atoms with E-state index >= 15 is 0 Å². The third-order valence-electron chi connectivity index (χ3n) is 14.4. The van der Waals surface area contributed by atoms with Crippen LogP contribution in [0.4, 0.5) is 17.1 Å². The summed E-state index contributed by atoms with van der Waals surface area (Å²) in [6.45, 7) is 0. The molecule has 0 radical (unpaired) electrons. The molecule has 0 spiro atoms. The Morgan fingerprint density at radius 3 is 1.75 bits per heavy atom. The van der Waals surface area contributed by atoms with Gasteiger partial charge in [0, 0.05) is 55.8 Å². The number of anilines is 3. The lowest BCUT2D eigenvalue weighted by Gasteiger charge is -2.34. The molecule has 318 valence electrons. The molecule has 0 bridgehead atoms. The van der Waals surface area contributed by atoms with Gasteiger partial charge in [-0.15, -0.1) is 0 Å². The van der Waals surface area contributed by atoms with Crippen LogP contribution >= 0.6 is 0 Å². The van der Waals surface area contributed by atoms with Gasteiger partial charge < -0.3 is 13.9 Å². The maximum Gasteiger partial charge on any atom is 0.138 e. The van der Waals surface area contributed by atoms with Crippen LogP contribution in [0.2, 0.25) is 0 Å². The molecule has 1 aliphatic carbocycles. The van der Waals surface area contributed by atoms with Crippen molar-refractivity contribution in [3.05, 3.63) is 277 Å². The summed E-state index contributed by atoms with van der Waals surface area (Å²) >= 11 is 0. The average Bonchev–Trinajstić information content (AvgIpc) is 4.05. The van der Waals surface area contributed by atoms with Gasteiger partial charge in [-0.2, -0.15) is 0 Å². The van der Waals surface area contributed by atoms with Crippen molar-refractivity contribution in [2.24, 2.45) is 0 Å².